The maximum Gasteiger partial charge on any atom is 0.647 e. The van der Waals surface area contributed by atoms with Crippen molar-refractivity contribution in [3.63, 3.8) is 0 Å². The fourth-order valence-corrected chi connectivity index (χ4v) is 4.21. The molecule has 3 aromatic carbocycles. The topological polar surface area (TPSA) is 132 Å². The molecule has 0 saturated carbocycles. The van der Waals surface area contributed by atoms with Crippen LogP contribution in [0.15, 0.2) is 109 Å². The van der Waals surface area contributed by atoms with Gasteiger partial charge in [0, 0.05) is 33.8 Å². The minimum Gasteiger partial charge on any atom is -0.386 e. The van der Waals surface area contributed by atoms with Crippen molar-refractivity contribution in [3.05, 3.63) is 109 Å². The first-order chi connectivity index (χ1) is 19.3. The maximum absolute atomic E-state index is 13.9. The Bertz CT molecular complexity index is 1350. The zero-order valence-corrected chi connectivity index (χ0v) is 23.7. The molecule has 212 valence electrons. The van der Waals surface area contributed by atoms with Crippen LogP contribution in [0.3, 0.4) is 0 Å². The van der Waals surface area contributed by atoms with E-state index in [1.165, 1.54) is 36.4 Å². The summed E-state index contributed by atoms with van der Waals surface area (Å²) in [4.78, 5) is 35.7. The quantitative estimate of drug-likeness (QED) is 0.158. The summed E-state index contributed by atoms with van der Waals surface area (Å²) >= 11 is 0. The molecule has 11 heteroatoms. The normalized spacial score (nSPS) is 10.5. The summed E-state index contributed by atoms with van der Waals surface area (Å²) in [5.41, 5.74) is 2.44. The zero-order chi connectivity index (χ0) is 30.2. The number of carbonyl (C=O) groups excluding carboxylic acids is 3. The van der Waals surface area contributed by atoms with Crippen molar-refractivity contribution in [1.29, 1.82) is 0 Å². The molecule has 0 aliphatic heterocycles. The molecule has 0 heterocycles. The third-order valence-electron chi connectivity index (χ3n) is 5.15. The summed E-state index contributed by atoms with van der Waals surface area (Å²) in [6.07, 6.45) is 0. The van der Waals surface area contributed by atoms with Gasteiger partial charge in [0.05, 0.1) is 0 Å². The number of phosphoric acid groups is 1. The van der Waals surface area contributed by atoms with Crippen LogP contribution in [-0.4, -0.2) is 17.7 Å². The Morgan fingerprint density at radius 3 is 0.927 bits per heavy atom. The Kier molecular flexibility index (Phi) is 9.90. The van der Waals surface area contributed by atoms with E-state index in [1.54, 1.807) is 57.2 Å². The number of carbonyl (C=O) groups is 3. The molecule has 3 rings (SSSR count). The number of amides is 3. The fraction of sp³-hybridized carbons (Fsp3) is 0.100. The Morgan fingerprint density at radius 2 is 0.732 bits per heavy atom. The third kappa shape index (κ3) is 9.26. The van der Waals surface area contributed by atoms with Crippen LogP contribution in [0.5, 0.6) is 17.2 Å². The fourth-order valence-electron chi connectivity index (χ4n) is 2.95. The smallest absolute Gasteiger partial charge is 0.386 e. The summed E-state index contributed by atoms with van der Waals surface area (Å²) in [5, 5.41) is 8.00. The van der Waals surface area contributed by atoms with Crippen molar-refractivity contribution in [2.75, 3.05) is 16.0 Å². The summed E-state index contributed by atoms with van der Waals surface area (Å²) in [6.45, 7) is 15.5. The minimum atomic E-state index is -4.36. The Labute approximate surface area is 238 Å². The van der Waals surface area contributed by atoms with Gasteiger partial charge in [-0.3, -0.25) is 14.4 Å². The Balaban J connectivity index is 1.83. The van der Waals surface area contributed by atoms with Gasteiger partial charge in [0.15, 0.2) is 0 Å². The molecule has 0 atom stereocenters. The summed E-state index contributed by atoms with van der Waals surface area (Å²) < 4.78 is 30.9. The minimum absolute atomic E-state index is 0.136. The molecule has 0 saturated heterocycles. The first kappa shape index (κ1) is 30.5. The predicted octanol–water partition coefficient (Wildman–Crippen LogP) is 6.88. The van der Waals surface area contributed by atoms with Crippen molar-refractivity contribution in [2.45, 2.75) is 20.8 Å². The SMILES string of the molecule is C=C(C)C(=O)Nc1ccc(OP(=O)(Oc2ccc(NC(=O)C(=C)C)cc2)Oc2ccc(NC(=O)C(=C)C)cc2)cc1. The molecule has 0 aromatic heterocycles. The van der Waals surface area contributed by atoms with E-state index in [9.17, 15) is 18.9 Å². The molecule has 0 aliphatic carbocycles. The zero-order valence-electron chi connectivity index (χ0n) is 22.9. The monoisotopic (exact) mass is 575 g/mol. The first-order valence-electron chi connectivity index (χ1n) is 12.2. The van der Waals surface area contributed by atoms with Gasteiger partial charge in [-0.2, -0.15) is 4.57 Å². The average Bonchev–Trinajstić information content (AvgIpc) is 2.91. The molecule has 0 bridgehead atoms. The van der Waals surface area contributed by atoms with Crippen LogP contribution < -0.4 is 29.5 Å². The number of hydrogen-bond donors (Lipinski definition) is 3. The van der Waals surface area contributed by atoms with Gasteiger partial charge in [0.1, 0.15) is 17.2 Å². The molecule has 41 heavy (non-hydrogen) atoms. The van der Waals surface area contributed by atoms with E-state index < -0.39 is 7.82 Å². The van der Waals surface area contributed by atoms with E-state index in [-0.39, 0.29) is 35.0 Å². The lowest BCUT2D eigenvalue weighted by atomic mass is 10.2. The molecule has 0 radical (unpaired) electrons. The van der Waals surface area contributed by atoms with Crippen LogP contribution in [0.4, 0.5) is 17.1 Å². The van der Waals surface area contributed by atoms with Gasteiger partial charge in [0.2, 0.25) is 0 Å². The average molecular weight is 576 g/mol. The lowest BCUT2D eigenvalue weighted by Crippen LogP contribution is -2.12. The first-order valence-corrected chi connectivity index (χ1v) is 13.7. The van der Waals surface area contributed by atoms with E-state index in [0.29, 0.717) is 33.8 Å². The van der Waals surface area contributed by atoms with Gasteiger partial charge in [0.25, 0.3) is 17.7 Å². The van der Waals surface area contributed by atoms with Crippen LogP contribution in [0.2, 0.25) is 0 Å². The molecular formula is C30H30N3O7P. The standard InChI is InChI=1S/C30H30N3O7P/c1-19(2)28(34)31-22-7-13-25(14-8-22)38-41(37,39-26-15-9-23(10-16-26)32-29(35)20(3)4)40-27-17-11-24(12-18-27)33-30(36)21(5)6/h7-18H,1,3,5H2,2,4,6H3,(H,31,34)(H,32,35)(H,33,36). The predicted molar refractivity (Wildman–Crippen MR) is 159 cm³/mol. The van der Waals surface area contributed by atoms with Gasteiger partial charge in [-0.1, -0.05) is 19.7 Å². The second-order valence-electron chi connectivity index (χ2n) is 9.00. The Morgan fingerprint density at radius 1 is 0.512 bits per heavy atom. The van der Waals surface area contributed by atoms with Gasteiger partial charge in [-0.25, -0.2) is 0 Å². The van der Waals surface area contributed by atoms with Crippen LogP contribution in [0, 0.1) is 0 Å². The number of phosphoric ester groups is 1. The second-order valence-corrected chi connectivity index (χ2v) is 10.4. The van der Waals surface area contributed by atoms with E-state index >= 15 is 0 Å². The van der Waals surface area contributed by atoms with Crippen molar-refractivity contribution >= 4 is 42.6 Å². The van der Waals surface area contributed by atoms with Crippen molar-refractivity contribution in [1.82, 2.24) is 0 Å². The van der Waals surface area contributed by atoms with E-state index in [4.69, 9.17) is 13.6 Å². The second kappa shape index (κ2) is 13.3. The lowest BCUT2D eigenvalue weighted by molar-refractivity contribution is -0.113. The van der Waals surface area contributed by atoms with Crippen molar-refractivity contribution < 1.29 is 32.5 Å². The number of anilines is 3. The number of benzene rings is 3. The van der Waals surface area contributed by atoms with E-state index in [2.05, 4.69) is 35.7 Å². The highest BCUT2D eigenvalue weighted by atomic mass is 31.2. The molecule has 3 N–H and O–H groups in total. The van der Waals surface area contributed by atoms with Crippen LogP contribution in [0.25, 0.3) is 0 Å². The van der Waals surface area contributed by atoms with Gasteiger partial charge in [-0.15, -0.1) is 0 Å². The lowest BCUT2D eigenvalue weighted by Gasteiger charge is -2.20. The summed E-state index contributed by atoms with van der Waals surface area (Å²) in [6, 6.07) is 18.2. The van der Waals surface area contributed by atoms with Gasteiger partial charge < -0.3 is 29.5 Å². The van der Waals surface area contributed by atoms with Crippen molar-refractivity contribution in [2.24, 2.45) is 0 Å². The van der Waals surface area contributed by atoms with Gasteiger partial charge >= 0.3 is 7.82 Å². The number of hydrogen-bond acceptors (Lipinski definition) is 7. The molecule has 0 spiro atoms. The van der Waals surface area contributed by atoms with Crippen molar-refractivity contribution in [3.8, 4) is 17.2 Å². The van der Waals surface area contributed by atoms with E-state index in [0.717, 1.165) is 0 Å². The molecule has 0 fully saturated rings. The molecular weight excluding hydrogens is 545 g/mol. The summed E-state index contributed by atoms with van der Waals surface area (Å²) in [5.74, 6) is -0.627. The molecule has 0 aliphatic rings. The van der Waals surface area contributed by atoms with E-state index in [1.807, 2.05) is 0 Å². The number of rotatable bonds is 12. The molecule has 3 amide bonds. The molecule has 10 nitrogen and oxygen atoms in total. The molecule has 0 unspecified atom stereocenters. The highest BCUT2D eigenvalue weighted by Crippen LogP contribution is 2.50. The van der Waals surface area contributed by atoms with Crippen LogP contribution >= 0.6 is 7.82 Å². The number of nitrogens with one attached hydrogen (secondary N) is 3. The van der Waals surface area contributed by atoms with Crippen LogP contribution in [0.1, 0.15) is 20.8 Å². The third-order valence-corrected chi connectivity index (χ3v) is 6.45. The Hall–Kier alpha value is -5.08. The summed E-state index contributed by atoms with van der Waals surface area (Å²) in [7, 11) is -4.36. The highest BCUT2D eigenvalue weighted by molar-refractivity contribution is 7.49. The maximum atomic E-state index is 13.9. The molecule has 3 aromatic rings. The van der Waals surface area contributed by atoms with Crippen LogP contribution in [-0.2, 0) is 18.9 Å². The highest BCUT2D eigenvalue weighted by Gasteiger charge is 2.33. The van der Waals surface area contributed by atoms with Gasteiger partial charge in [-0.05, 0) is 93.6 Å². The largest absolute Gasteiger partial charge is 0.647 e.